The molecule has 0 saturated heterocycles. The van der Waals surface area contributed by atoms with Crippen molar-refractivity contribution in [3.05, 3.63) is 65.0 Å². The second-order valence-electron chi connectivity index (χ2n) is 6.38. The van der Waals surface area contributed by atoms with Gasteiger partial charge in [0.2, 0.25) is 0 Å². The lowest BCUT2D eigenvalue weighted by Gasteiger charge is -2.11. The maximum atomic E-state index is 10.7. The van der Waals surface area contributed by atoms with E-state index < -0.39 is 6.10 Å². The molecule has 25 heavy (non-hydrogen) atoms. The summed E-state index contributed by atoms with van der Waals surface area (Å²) in [5, 5.41) is 21.5. The average molecular weight is 330 g/mol. The van der Waals surface area contributed by atoms with Crippen LogP contribution in [0.5, 0.6) is 0 Å². The van der Waals surface area contributed by atoms with E-state index in [0.717, 1.165) is 35.2 Å². The van der Waals surface area contributed by atoms with Gasteiger partial charge < -0.3 is 5.11 Å². The number of aromatic nitrogens is 2. The Hall–Kier alpha value is -3.08. The molecule has 2 aromatic rings. The number of amidine groups is 2. The highest BCUT2D eigenvalue weighted by Crippen LogP contribution is 2.42. The minimum Gasteiger partial charge on any atom is -0.384 e. The van der Waals surface area contributed by atoms with Gasteiger partial charge in [-0.05, 0) is 18.4 Å². The fourth-order valence-corrected chi connectivity index (χ4v) is 3.19. The zero-order chi connectivity index (χ0) is 16.8. The van der Waals surface area contributed by atoms with Crippen LogP contribution in [-0.4, -0.2) is 27.0 Å². The number of aliphatic hydroxyl groups excluding tert-OH is 1. The summed E-state index contributed by atoms with van der Waals surface area (Å²) in [5.74, 6) is 2.31. The van der Waals surface area contributed by atoms with Crippen LogP contribution in [0.1, 0.15) is 47.2 Å². The zero-order valence-electron chi connectivity index (χ0n) is 13.4. The molecule has 2 bridgehead atoms. The fourth-order valence-electron chi connectivity index (χ4n) is 3.19. The molecule has 6 nitrogen and oxygen atoms in total. The Labute approximate surface area is 144 Å². The minimum absolute atomic E-state index is 0.516. The van der Waals surface area contributed by atoms with Crippen LogP contribution in [0.25, 0.3) is 6.08 Å². The number of fused-ring (bicyclic) bond motifs is 4. The molecular formula is C19H16N5O+. The van der Waals surface area contributed by atoms with E-state index in [2.05, 4.69) is 31.6 Å². The Balaban J connectivity index is 1.69. The summed E-state index contributed by atoms with van der Waals surface area (Å²) < 4.78 is 0. The van der Waals surface area contributed by atoms with E-state index in [1.807, 2.05) is 30.3 Å². The highest BCUT2D eigenvalue weighted by Gasteiger charge is 2.31. The number of hydrogen-bond donors (Lipinski definition) is 3. The van der Waals surface area contributed by atoms with E-state index in [1.165, 1.54) is 0 Å². The molecule has 1 aliphatic carbocycles. The second kappa shape index (κ2) is 5.48. The van der Waals surface area contributed by atoms with Crippen LogP contribution in [0, 0.1) is 6.08 Å². The lowest BCUT2D eigenvalue weighted by atomic mass is 10.00. The molecule has 5 rings (SSSR count). The summed E-state index contributed by atoms with van der Waals surface area (Å²) in [6.45, 7) is 0. The first kappa shape index (κ1) is 14.3. The number of anilines is 1. The fraction of sp³-hybridized carbons (Fsp3) is 0.211. The summed E-state index contributed by atoms with van der Waals surface area (Å²) in [6, 6.07) is 7.63. The van der Waals surface area contributed by atoms with Gasteiger partial charge in [0.25, 0.3) is 6.20 Å². The third-order valence-electron chi connectivity index (χ3n) is 4.63. The summed E-state index contributed by atoms with van der Waals surface area (Å²) in [5.41, 5.74) is 3.65. The van der Waals surface area contributed by atoms with Gasteiger partial charge in [-0.2, -0.15) is 15.1 Å². The van der Waals surface area contributed by atoms with Crippen LogP contribution in [0.3, 0.4) is 0 Å². The monoisotopic (exact) mass is 330 g/mol. The maximum absolute atomic E-state index is 10.7. The molecule has 3 N–H and O–H groups in total. The third-order valence-corrected chi connectivity index (χ3v) is 4.63. The molecule has 1 aromatic carbocycles. The van der Waals surface area contributed by atoms with Crippen molar-refractivity contribution < 1.29 is 5.11 Å². The van der Waals surface area contributed by atoms with Crippen molar-refractivity contribution >= 4 is 23.6 Å². The summed E-state index contributed by atoms with van der Waals surface area (Å²) in [7, 11) is 0. The SMILES string of the molecule is OC1/C=C\c2c(n[nH]c2C2CC2)NC2=NC(=NC=[C+]2)c2ccccc21. The normalized spacial score (nSPS) is 22.4. The molecule has 3 heterocycles. The number of aliphatic imine (C=N–C) groups is 2. The lowest BCUT2D eigenvalue weighted by molar-refractivity contribution is 0.229. The van der Waals surface area contributed by atoms with E-state index in [1.54, 1.807) is 12.3 Å². The standard InChI is InChI=1S/C19H16N5O/c25-15-8-7-14-17(11-5-6-11)23-24-19(14)22-16-9-10-20-18(21-16)13-4-2-1-3-12(13)15/h1-4,7-8,10-11,15,25H,5-6H2,(H2,20,21,22,23,24)/q+1/b8-7-. The smallest absolute Gasteiger partial charge is 0.384 e. The average Bonchev–Trinajstić information content (AvgIpc) is 3.41. The van der Waals surface area contributed by atoms with Crippen LogP contribution in [0.4, 0.5) is 5.82 Å². The second-order valence-corrected chi connectivity index (χ2v) is 6.38. The molecule has 2 aliphatic heterocycles. The van der Waals surface area contributed by atoms with Gasteiger partial charge >= 0.3 is 11.9 Å². The molecule has 0 spiro atoms. The molecular weight excluding hydrogens is 314 g/mol. The number of benzene rings is 1. The van der Waals surface area contributed by atoms with Crippen LogP contribution in [0.15, 0.2) is 46.5 Å². The molecule has 1 fully saturated rings. The molecule has 3 aliphatic rings. The quantitative estimate of drug-likeness (QED) is 0.703. The van der Waals surface area contributed by atoms with Crippen molar-refractivity contribution in [2.24, 2.45) is 9.98 Å². The Morgan fingerprint density at radius 3 is 2.96 bits per heavy atom. The van der Waals surface area contributed by atoms with Crippen molar-refractivity contribution in [2.75, 3.05) is 5.32 Å². The minimum atomic E-state index is -0.750. The number of nitrogens with one attached hydrogen (secondary N) is 2. The largest absolute Gasteiger partial charge is 0.391 e. The predicted molar refractivity (Wildman–Crippen MR) is 96.4 cm³/mol. The van der Waals surface area contributed by atoms with Crippen molar-refractivity contribution in [3.8, 4) is 0 Å². The Morgan fingerprint density at radius 1 is 1.20 bits per heavy atom. The molecule has 1 atom stereocenters. The van der Waals surface area contributed by atoms with Crippen molar-refractivity contribution in [1.82, 2.24) is 10.2 Å². The molecule has 0 radical (unpaired) electrons. The molecule has 1 aromatic heterocycles. The summed E-state index contributed by atoms with van der Waals surface area (Å²) >= 11 is 0. The lowest BCUT2D eigenvalue weighted by Crippen LogP contribution is -2.17. The highest BCUT2D eigenvalue weighted by atomic mass is 16.3. The zero-order valence-corrected chi connectivity index (χ0v) is 13.4. The number of aromatic amines is 1. The van der Waals surface area contributed by atoms with Gasteiger partial charge in [0.05, 0.1) is 6.10 Å². The Bertz CT molecular complexity index is 962. The van der Waals surface area contributed by atoms with Gasteiger partial charge in [-0.1, -0.05) is 36.4 Å². The van der Waals surface area contributed by atoms with Crippen LogP contribution < -0.4 is 5.32 Å². The van der Waals surface area contributed by atoms with Gasteiger partial charge in [0.1, 0.15) is 0 Å². The van der Waals surface area contributed by atoms with E-state index in [-0.39, 0.29) is 0 Å². The van der Waals surface area contributed by atoms with Crippen LogP contribution in [-0.2, 0) is 0 Å². The molecule has 122 valence electrons. The number of hydrogen-bond acceptors (Lipinski definition) is 5. The predicted octanol–water partition coefficient (Wildman–Crippen LogP) is 2.93. The summed E-state index contributed by atoms with van der Waals surface area (Å²) in [6.07, 6.45) is 9.90. The first-order valence-corrected chi connectivity index (χ1v) is 8.35. The van der Waals surface area contributed by atoms with E-state index in [4.69, 9.17) is 0 Å². The van der Waals surface area contributed by atoms with E-state index in [0.29, 0.717) is 23.4 Å². The number of H-pyrrole nitrogens is 1. The van der Waals surface area contributed by atoms with Gasteiger partial charge in [0, 0.05) is 22.7 Å². The van der Waals surface area contributed by atoms with Gasteiger partial charge in [0.15, 0.2) is 11.7 Å². The molecule has 0 amide bonds. The van der Waals surface area contributed by atoms with Crippen LogP contribution >= 0.6 is 0 Å². The van der Waals surface area contributed by atoms with Crippen molar-refractivity contribution in [2.45, 2.75) is 24.9 Å². The first-order chi connectivity index (χ1) is 12.3. The van der Waals surface area contributed by atoms with Crippen LogP contribution in [0.2, 0.25) is 0 Å². The van der Waals surface area contributed by atoms with E-state index >= 15 is 0 Å². The van der Waals surface area contributed by atoms with Gasteiger partial charge in [-0.25, -0.2) is 0 Å². The maximum Gasteiger partial charge on any atom is 0.391 e. The highest BCUT2D eigenvalue weighted by molar-refractivity contribution is 6.14. The Morgan fingerprint density at radius 2 is 2.08 bits per heavy atom. The first-order valence-electron chi connectivity index (χ1n) is 8.35. The Kier molecular flexibility index (Phi) is 3.13. The third kappa shape index (κ3) is 2.48. The molecule has 6 heteroatoms. The van der Waals surface area contributed by atoms with Crippen molar-refractivity contribution in [1.29, 1.82) is 0 Å². The summed E-state index contributed by atoms with van der Waals surface area (Å²) in [4.78, 5) is 8.87. The molecule has 1 saturated carbocycles. The number of nitrogens with zero attached hydrogens (tertiary/aromatic N) is 3. The van der Waals surface area contributed by atoms with Crippen molar-refractivity contribution in [3.63, 3.8) is 0 Å². The van der Waals surface area contributed by atoms with Gasteiger partial charge in [-0.3, -0.25) is 10.4 Å². The number of aliphatic hydroxyl groups is 1. The topological polar surface area (TPSA) is 85.7 Å². The number of rotatable bonds is 1. The van der Waals surface area contributed by atoms with E-state index in [9.17, 15) is 5.11 Å². The molecule has 1 unspecified atom stereocenters. The van der Waals surface area contributed by atoms with Gasteiger partial charge in [-0.15, -0.1) is 0 Å².